The van der Waals surface area contributed by atoms with Crippen LogP contribution in [-0.4, -0.2) is 30.4 Å². The second-order valence-electron chi connectivity index (χ2n) is 4.20. The monoisotopic (exact) mass is 308 g/mol. The zero-order valence-corrected chi connectivity index (χ0v) is 12.4. The SMILES string of the molecule is COc1ccc(OC)c2c(NC(C)=O)cc(C(=O)Cl)nc12. The van der Waals surface area contributed by atoms with E-state index < -0.39 is 5.24 Å². The Balaban J connectivity index is 2.88. The summed E-state index contributed by atoms with van der Waals surface area (Å²) in [6.45, 7) is 1.36. The zero-order chi connectivity index (χ0) is 15.6. The average Bonchev–Trinajstić information content (AvgIpc) is 2.45. The highest BCUT2D eigenvalue weighted by atomic mass is 35.5. The number of hydrogen-bond acceptors (Lipinski definition) is 5. The molecule has 2 rings (SSSR count). The average molecular weight is 309 g/mol. The van der Waals surface area contributed by atoms with E-state index in [0.29, 0.717) is 28.1 Å². The number of carbonyl (C=O) groups excluding carboxylic acids is 2. The molecule has 0 atom stereocenters. The Hall–Kier alpha value is -2.34. The number of aromatic nitrogens is 1. The summed E-state index contributed by atoms with van der Waals surface area (Å²) in [6.07, 6.45) is 0. The molecule has 0 bridgehead atoms. The number of carbonyl (C=O) groups is 2. The first-order valence-corrected chi connectivity index (χ1v) is 6.39. The Labute approximate surface area is 126 Å². The minimum atomic E-state index is -0.728. The van der Waals surface area contributed by atoms with Gasteiger partial charge in [-0.2, -0.15) is 0 Å². The summed E-state index contributed by atoms with van der Waals surface area (Å²) < 4.78 is 10.5. The number of fused-ring (bicyclic) bond motifs is 1. The second kappa shape index (κ2) is 5.97. The molecule has 7 heteroatoms. The molecule has 1 heterocycles. The van der Waals surface area contributed by atoms with Crippen LogP contribution in [0.5, 0.6) is 11.5 Å². The quantitative estimate of drug-likeness (QED) is 0.878. The van der Waals surface area contributed by atoms with E-state index in [4.69, 9.17) is 21.1 Å². The highest BCUT2D eigenvalue weighted by Gasteiger charge is 2.17. The molecule has 0 spiro atoms. The summed E-state index contributed by atoms with van der Waals surface area (Å²) in [7, 11) is 2.98. The van der Waals surface area contributed by atoms with Crippen LogP contribution in [-0.2, 0) is 4.79 Å². The van der Waals surface area contributed by atoms with E-state index in [0.717, 1.165) is 0 Å². The van der Waals surface area contributed by atoms with E-state index >= 15 is 0 Å². The molecule has 0 saturated carbocycles. The van der Waals surface area contributed by atoms with E-state index in [1.165, 1.54) is 27.2 Å². The number of nitrogens with one attached hydrogen (secondary N) is 1. The van der Waals surface area contributed by atoms with Crippen LogP contribution < -0.4 is 14.8 Å². The molecule has 1 aromatic carbocycles. The third kappa shape index (κ3) is 2.90. The molecular formula is C14H13ClN2O4. The van der Waals surface area contributed by atoms with Crippen molar-refractivity contribution in [2.24, 2.45) is 0 Å². The maximum absolute atomic E-state index is 11.4. The van der Waals surface area contributed by atoms with Gasteiger partial charge in [-0.3, -0.25) is 9.59 Å². The number of amides is 1. The highest BCUT2D eigenvalue weighted by Crippen LogP contribution is 2.37. The Kier molecular flexibility index (Phi) is 4.28. The molecule has 0 radical (unpaired) electrons. The van der Waals surface area contributed by atoms with Gasteiger partial charge in [0.1, 0.15) is 22.7 Å². The number of ether oxygens (including phenoxy) is 2. The number of methoxy groups -OCH3 is 2. The third-order valence-corrected chi connectivity index (χ3v) is 3.03. The van der Waals surface area contributed by atoms with Crippen LogP contribution in [0.1, 0.15) is 17.4 Å². The molecule has 110 valence electrons. The molecule has 0 aliphatic rings. The fraction of sp³-hybridized carbons (Fsp3) is 0.214. The van der Waals surface area contributed by atoms with Gasteiger partial charge in [-0.1, -0.05) is 0 Å². The molecular weight excluding hydrogens is 296 g/mol. The normalized spacial score (nSPS) is 10.3. The number of halogens is 1. The van der Waals surface area contributed by atoms with Gasteiger partial charge in [0.15, 0.2) is 0 Å². The third-order valence-electron chi connectivity index (χ3n) is 2.84. The molecule has 0 fully saturated rings. The van der Waals surface area contributed by atoms with Crippen LogP contribution in [0, 0.1) is 0 Å². The Morgan fingerprint density at radius 3 is 2.33 bits per heavy atom. The van der Waals surface area contributed by atoms with Crippen LogP contribution in [0.2, 0.25) is 0 Å². The lowest BCUT2D eigenvalue weighted by atomic mass is 10.1. The summed E-state index contributed by atoms with van der Waals surface area (Å²) in [5, 5.41) is 2.45. The van der Waals surface area contributed by atoms with E-state index in [-0.39, 0.29) is 11.6 Å². The van der Waals surface area contributed by atoms with Gasteiger partial charge in [-0.25, -0.2) is 4.98 Å². The van der Waals surface area contributed by atoms with E-state index in [1.807, 2.05) is 0 Å². The topological polar surface area (TPSA) is 77.5 Å². The number of anilines is 1. The number of rotatable bonds is 4. The van der Waals surface area contributed by atoms with Gasteiger partial charge in [-0.15, -0.1) is 0 Å². The molecule has 0 unspecified atom stereocenters. The molecule has 0 aliphatic carbocycles. The van der Waals surface area contributed by atoms with Gasteiger partial charge in [0.25, 0.3) is 5.24 Å². The van der Waals surface area contributed by atoms with Crippen molar-refractivity contribution in [2.45, 2.75) is 6.92 Å². The van der Waals surface area contributed by atoms with E-state index in [1.54, 1.807) is 12.1 Å². The lowest BCUT2D eigenvalue weighted by molar-refractivity contribution is -0.114. The van der Waals surface area contributed by atoms with Crippen molar-refractivity contribution in [1.29, 1.82) is 0 Å². The Bertz CT molecular complexity index is 730. The predicted octanol–water partition coefficient (Wildman–Crippen LogP) is 2.59. The van der Waals surface area contributed by atoms with Crippen molar-refractivity contribution < 1.29 is 19.1 Å². The number of hydrogen-bond donors (Lipinski definition) is 1. The Morgan fingerprint density at radius 2 is 1.81 bits per heavy atom. The van der Waals surface area contributed by atoms with Gasteiger partial charge >= 0.3 is 0 Å². The van der Waals surface area contributed by atoms with Gasteiger partial charge in [-0.05, 0) is 29.8 Å². The van der Waals surface area contributed by atoms with Crippen LogP contribution in [0.3, 0.4) is 0 Å². The largest absolute Gasteiger partial charge is 0.496 e. The van der Waals surface area contributed by atoms with Gasteiger partial charge < -0.3 is 14.8 Å². The summed E-state index contributed by atoms with van der Waals surface area (Å²) in [5.74, 6) is 0.646. The zero-order valence-electron chi connectivity index (χ0n) is 11.7. The van der Waals surface area contributed by atoms with Crippen LogP contribution >= 0.6 is 11.6 Å². The van der Waals surface area contributed by atoms with Crippen LogP contribution in [0.25, 0.3) is 10.9 Å². The number of pyridine rings is 1. The van der Waals surface area contributed by atoms with Crippen LogP contribution in [0.4, 0.5) is 5.69 Å². The molecule has 21 heavy (non-hydrogen) atoms. The minimum absolute atomic E-state index is 0.0134. The molecule has 1 aromatic heterocycles. The van der Waals surface area contributed by atoms with Crippen molar-refractivity contribution in [3.05, 3.63) is 23.9 Å². The standard InChI is InChI=1S/C14H13ClN2O4/c1-7(18)16-8-6-9(14(15)19)17-13-11(21-3)5-4-10(20-2)12(8)13/h4-6H,1-3H3,(H,16,17,18). The summed E-state index contributed by atoms with van der Waals surface area (Å²) in [6, 6.07) is 4.76. The fourth-order valence-electron chi connectivity index (χ4n) is 2.01. The number of benzene rings is 1. The predicted molar refractivity (Wildman–Crippen MR) is 79.3 cm³/mol. The smallest absolute Gasteiger partial charge is 0.270 e. The molecule has 1 amide bonds. The maximum atomic E-state index is 11.4. The first kappa shape index (κ1) is 15.1. The van der Waals surface area contributed by atoms with Crippen molar-refractivity contribution in [3.8, 4) is 11.5 Å². The van der Waals surface area contributed by atoms with Crippen molar-refractivity contribution in [1.82, 2.24) is 4.98 Å². The molecule has 2 aromatic rings. The fourth-order valence-corrected chi connectivity index (χ4v) is 2.11. The second-order valence-corrected chi connectivity index (χ2v) is 4.55. The van der Waals surface area contributed by atoms with Gasteiger partial charge in [0.2, 0.25) is 5.91 Å². The highest BCUT2D eigenvalue weighted by molar-refractivity contribution is 6.67. The summed E-state index contributed by atoms with van der Waals surface area (Å²) in [4.78, 5) is 27.0. The summed E-state index contributed by atoms with van der Waals surface area (Å²) in [5.41, 5.74) is 0.777. The van der Waals surface area contributed by atoms with E-state index in [2.05, 4.69) is 10.3 Å². The van der Waals surface area contributed by atoms with Crippen molar-refractivity contribution in [3.63, 3.8) is 0 Å². The lowest BCUT2D eigenvalue weighted by Gasteiger charge is -2.14. The Morgan fingerprint density at radius 1 is 1.19 bits per heavy atom. The minimum Gasteiger partial charge on any atom is -0.496 e. The van der Waals surface area contributed by atoms with Gasteiger partial charge in [0.05, 0.1) is 25.3 Å². The van der Waals surface area contributed by atoms with E-state index in [9.17, 15) is 9.59 Å². The summed E-state index contributed by atoms with van der Waals surface area (Å²) >= 11 is 5.50. The first-order valence-electron chi connectivity index (χ1n) is 6.01. The molecule has 0 saturated heterocycles. The molecule has 0 aliphatic heterocycles. The molecule has 6 nitrogen and oxygen atoms in total. The van der Waals surface area contributed by atoms with Crippen molar-refractivity contribution >= 4 is 39.3 Å². The molecule has 1 N–H and O–H groups in total. The van der Waals surface area contributed by atoms with Crippen molar-refractivity contribution in [2.75, 3.05) is 19.5 Å². The maximum Gasteiger partial charge on any atom is 0.270 e. The lowest BCUT2D eigenvalue weighted by Crippen LogP contribution is -2.09. The first-order chi connectivity index (χ1) is 9.97. The number of nitrogens with zero attached hydrogens (tertiary/aromatic N) is 1. The van der Waals surface area contributed by atoms with Gasteiger partial charge in [0, 0.05) is 6.92 Å². The van der Waals surface area contributed by atoms with Crippen LogP contribution in [0.15, 0.2) is 18.2 Å².